The van der Waals surface area contributed by atoms with E-state index in [1.165, 1.54) is 5.39 Å². The number of nitrogens with zero attached hydrogens (tertiary/aromatic N) is 2. The highest BCUT2D eigenvalue weighted by Gasteiger charge is 2.31. The van der Waals surface area contributed by atoms with Crippen LogP contribution in [-0.4, -0.2) is 50.2 Å². The van der Waals surface area contributed by atoms with Crippen LogP contribution < -0.4 is 14.2 Å². The van der Waals surface area contributed by atoms with Gasteiger partial charge in [-0.15, -0.1) is 0 Å². The second kappa shape index (κ2) is 7.99. The van der Waals surface area contributed by atoms with Gasteiger partial charge in [-0.1, -0.05) is 24.3 Å². The molecule has 1 fully saturated rings. The number of hydrogen-bond donors (Lipinski definition) is 0. The molecule has 4 rings (SSSR count). The number of ether oxygens (including phenoxy) is 3. The Balaban J connectivity index is 1.57. The Morgan fingerprint density at radius 1 is 0.966 bits per heavy atom. The Hall–Kier alpha value is -3.28. The second-order valence-electron chi connectivity index (χ2n) is 7.10. The average Bonchev–Trinajstić information content (AvgIpc) is 3.27. The molecule has 1 amide bonds. The summed E-state index contributed by atoms with van der Waals surface area (Å²) < 4.78 is 16.1. The van der Waals surface area contributed by atoms with Gasteiger partial charge < -0.3 is 19.1 Å². The zero-order valence-electron chi connectivity index (χ0n) is 16.8. The Morgan fingerprint density at radius 3 is 2.38 bits per heavy atom. The molecule has 0 saturated carbocycles. The standard InChI is InChI=1S/C23H24N2O4/c1-27-20-12-22(29-3)21(28-2)11-18(20)23(26)25-9-8-17(14-25)19-10-15-6-4-5-7-16(15)13-24-19/h4-7,10-13,17H,8-9,14H2,1-3H3/t17-/m0/s1. The number of carbonyl (C=O) groups is 1. The highest BCUT2D eigenvalue weighted by atomic mass is 16.5. The van der Waals surface area contributed by atoms with E-state index >= 15 is 0 Å². The molecule has 1 saturated heterocycles. The lowest BCUT2D eigenvalue weighted by molar-refractivity contribution is 0.0787. The molecule has 6 heteroatoms. The minimum absolute atomic E-state index is 0.0777. The summed E-state index contributed by atoms with van der Waals surface area (Å²) in [5, 5.41) is 2.29. The van der Waals surface area contributed by atoms with Gasteiger partial charge in [0.05, 0.1) is 26.9 Å². The molecule has 6 nitrogen and oxygen atoms in total. The summed E-state index contributed by atoms with van der Waals surface area (Å²) in [6.07, 6.45) is 2.79. The first kappa shape index (κ1) is 19.1. The van der Waals surface area contributed by atoms with E-state index in [0.29, 0.717) is 35.9 Å². The van der Waals surface area contributed by atoms with E-state index in [2.05, 4.69) is 23.2 Å². The summed E-state index contributed by atoms with van der Waals surface area (Å²) in [5.41, 5.74) is 1.50. The van der Waals surface area contributed by atoms with Crippen molar-refractivity contribution < 1.29 is 19.0 Å². The highest BCUT2D eigenvalue weighted by molar-refractivity contribution is 5.98. The van der Waals surface area contributed by atoms with Crippen LogP contribution in [0.3, 0.4) is 0 Å². The molecule has 1 atom stereocenters. The number of likely N-dealkylation sites (tertiary alicyclic amines) is 1. The summed E-state index contributed by atoms with van der Waals surface area (Å²) in [4.78, 5) is 19.7. The molecule has 1 aromatic heterocycles. The third-order valence-corrected chi connectivity index (χ3v) is 5.48. The van der Waals surface area contributed by atoms with E-state index in [1.807, 2.05) is 23.2 Å². The van der Waals surface area contributed by atoms with Crippen molar-refractivity contribution >= 4 is 16.7 Å². The maximum absolute atomic E-state index is 13.2. The van der Waals surface area contributed by atoms with Gasteiger partial charge in [-0.05, 0) is 17.9 Å². The van der Waals surface area contributed by atoms with Crippen molar-refractivity contribution in [2.24, 2.45) is 0 Å². The predicted octanol–water partition coefficient (Wildman–Crippen LogP) is 3.89. The van der Waals surface area contributed by atoms with Gasteiger partial charge in [0.15, 0.2) is 11.5 Å². The van der Waals surface area contributed by atoms with Crippen molar-refractivity contribution in [1.82, 2.24) is 9.88 Å². The van der Waals surface area contributed by atoms with Gasteiger partial charge in [-0.25, -0.2) is 0 Å². The summed E-state index contributed by atoms with van der Waals surface area (Å²) in [5.74, 6) is 1.64. The van der Waals surface area contributed by atoms with Crippen molar-refractivity contribution in [2.75, 3.05) is 34.4 Å². The fraction of sp³-hybridized carbons (Fsp3) is 0.304. The maximum Gasteiger partial charge on any atom is 0.257 e. The molecule has 2 aromatic carbocycles. The van der Waals surface area contributed by atoms with E-state index in [0.717, 1.165) is 17.5 Å². The normalized spacial score (nSPS) is 16.1. The fourth-order valence-corrected chi connectivity index (χ4v) is 3.88. The molecule has 0 spiro atoms. The number of fused-ring (bicyclic) bond motifs is 1. The number of benzene rings is 2. The van der Waals surface area contributed by atoms with E-state index in [1.54, 1.807) is 33.5 Å². The summed E-state index contributed by atoms with van der Waals surface area (Å²) in [6.45, 7) is 1.30. The fourth-order valence-electron chi connectivity index (χ4n) is 3.88. The number of pyridine rings is 1. The SMILES string of the molecule is COc1cc(OC)c(C(=O)N2CC[C@H](c3cc4ccccc4cn3)C2)cc1OC. The third-order valence-electron chi connectivity index (χ3n) is 5.48. The van der Waals surface area contributed by atoms with Crippen molar-refractivity contribution in [3.63, 3.8) is 0 Å². The third kappa shape index (κ3) is 3.58. The van der Waals surface area contributed by atoms with Gasteiger partial charge in [-0.3, -0.25) is 9.78 Å². The number of aromatic nitrogens is 1. The van der Waals surface area contributed by atoms with Crippen LogP contribution in [-0.2, 0) is 0 Å². The minimum atomic E-state index is -0.0777. The van der Waals surface area contributed by atoms with E-state index < -0.39 is 0 Å². The summed E-state index contributed by atoms with van der Waals surface area (Å²) in [7, 11) is 4.65. The molecule has 0 unspecified atom stereocenters. The van der Waals surface area contributed by atoms with Crippen LogP contribution in [0.25, 0.3) is 10.8 Å². The number of carbonyl (C=O) groups excluding carboxylic acids is 1. The summed E-state index contributed by atoms with van der Waals surface area (Å²) in [6, 6.07) is 13.7. The van der Waals surface area contributed by atoms with Crippen molar-refractivity contribution in [1.29, 1.82) is 0 Å². The molecule has 0 bridgehead atoms. The zero-order valence-corrected chi connectivity index (χ0v) is 16.8. The number of hydrogen-bond acceptors (Lipinski definition) is 5. The Labute approximate surface area is 170 Å². The first-order chi connectivity index (χ1) is 14.1. The molecule has 29 heavy (non-hydrogen) atoms. The van der Waals surface area contributed by atoms with E-state index in [4.69, 9.17) is 14.2 Å². The highest BCUT2D eigenvalue weighted by Crippen LogP contribution is 2.36. The zero-order chi connectivity index (χ0) is 20.4. The van der Waals surface area contributed by atoms with Crippen LogP contribution in [0.15, 0.2) is 48.7 Å². The van der Waals surface area contributed by atoms with Gasteiger partial charge in [0.1, 0.15) is 5.75 Å². The van der Waals surface area contributed by atoms with Crippen LogP contribution in [0.4, 0.5) is 0 Å². The molecule has 150 valence electrons. The van der Waals surface area contributed by atoms with Gasteiger partial charge in [-0.2, -0.15) is 0 Å². The first-order valence-corrected chi connectivity index (χ1v) is 9.58. The predicted molar refractivity (Wildman–Crippen MR) is 111 cm³/mol. The second-order valence-corrected chi connectivity index (χ2v) is 7.10. The van der Waals surface area contributed by atoms with Gasteiger partial charge in [0.25, 0.3) is 5.91 Å². The lowest BCUT2D eigenvalue weighted by Gasteiger charge is -2.19. The molecular formula is C23H24N2O4. The molecule has 0 N–H and O–H groups in total. The number of methoxy groups -OCH3 is 3. The minimum Gasteiger partial charge on any atom is -0.496 e. The van der Waals surface area contributed by atoms with Crippen molar-refractivity contribution in [2.45, 2.75) is 12.3 Å². The number of rotatable bonds is 5. The Bertz CT molecular complexity index is 1050. The lowest BCUT2D eigenvalue weighted by atomic mass is 10.0. The van der Waals surface area contributed by atoms with Crippen molar-refractivity contribution in [3.05, 3.63) is 59.9 Å². The molecule has 0 aliphatic carbocycles. The van der Waals surface area contributed by atoms with Gasteiger partial charge >= 0.3 is 0 Å². The molecule has 1 aliphatic heterocycles. The Kier molecular flexibility index (Phi) is 5.25. The smallest absolute Gasteiger partial charge is 0.257 e. The Morgan fingerprint density at radius 2 is 1.66 bits per heavy atom. The molecule has 0 radical (unpaired) electrons. The topological polar surface area (TPSA) is 60.9 Å². The van der Waals surface area contributed by atoms with E-state index in [-0.39, 0.29) is 11.8 Å². The summed E-state index contributed by atoms with van der Waals surface area (Å²) >= 11 is 0. The molecular weight excluding hydrogens is 368 g/mol. The molecule has 1 aliphatic rings. The van der Waals surface area contributed by atoms with Crippen LogP contribution in [0.2, 0.25) is 0 Å². The van der Waals surface area contributed by atoms with Crippen molar-refractivity contribution in [3.8, 4) is 17.2 Å². The van der Waals surface area contributed by atoms with Crippen LogP contribution in [0, 0.1) is 0 Å². The number of amides is 1. The quantitative estimate of drug-likeness (QED) is 0.659. The molecule has 2 heterocycles. The molecule has 3 aromatic rings. The maximum atomic E-state index is 13.2. The van der Waals surface area contributed by atoms with Crippen LogP contribution in [0.1, 0.15) is 28.4 Å². The average molecular weight is 392 g/mol. The van der Waals surface area contributed by atoms with Gasteiger partial charge in [0, 0.05) is 48.4 Å². The van der Waals surface area contributed by atoms with E-state index in [9.17, 15) is 4.79 Å². The van der Waals surface area contributed by atoms with Crippen LogP contribution in [0.5, 0.6) is 17.2 Å². The van der Waals surface area contributed by atoms with Crippen LogP contribution >= 0.6 is 0 Å². The van der Waals surface area contributed by atoms with Gasteiger partial charge in [0.2, 0.25) is 0 Å². The first-order valence-electron chi connectivity index (χ1n) is 9.58. The lowest BCUT2D eigenvalue weighted by Crippen LogP contribution is -2.29. The largest absolute Gasteiger partial charge is 0.496 e. The monoisotopic (exact) mass is 392 g/mol.